The minimum Gasteiger partial charge on any atom is -0.481 e. The van der Waals surface area contributed by atoms with Crippen LogP contribution in [0.3, 0.4) is 0 Å². The summed E-state index contributed by atoms with van der Waals surface area (Å²) in [5, 5.41) is 13.3. The summed E-state index contributed by atoms with van der Waals surface area (Å²) in [5.74, 6) is 1.02. The van der Waals surface area contributed by atoms with Crippen LogP contribution in [0, 0.1) is 11.3 Å². The van der Waals surface area contributed by atoms with E-state index < -0.39 is 11.4 Å². The summed E-state index contributed by atoms with van der Waals surface area (Å²) in [4.78, 5) is 18.0. The maximum atomic E-state index is 11.4. The molecule has 2 heterocycles. The molecule has 2 rings (SSSR count). The van der Waals surface area contributed by atoms with Crippen LogP contribution in [0.15, 0.2) is 4.52 Å². The van der Waals surface area contributed by atoms with Gasteiger partial charge in [0.15, 0.2) is 5.82 Å². The van der Waals surface area contributed by atoms with Crippen LogP contribution in [0.4, 0.5) is 0 Å². The second kappa shape index (κ2) is 6.13. The van der Waals surface area contributed by atoms with E-state index in [-0.39, 0.29) is 11.8 Å². The van der Waals surface area contributed by atoms with E-state index in [0.29, 0.717) is 12.4 Å². The largest absolute Gasteiger partial charge is 0.481 e. The van der Waals surface area contributed by atoms with Gasteiger partial charge in [-0.05, 0) is 39.2 Å². The third kappa shape index (κ3) is 3.61. The number of carbonyl (C=O) groups is 1. The molecule has 1 aliphatic heterocycles. The van der Waals surface area contributed by atoms with E-state index in [1.807, 2.05) is 27.7 Å². The van der Waals surface area contributed by atoms with Crippen molar-refractivity contribution in [2.24, 2.45) is 11.3 Å². The Hall–Kier alpha value is -1.43. The highest BCUT2D eigenvalue weighted by Gasteiger charge is 2.39. The van der Waals surface area contributed by atoms with E-state index >= 15 is 0 Å². The van der Waals surface area contributed by atoms with Crippen molar-refractivity contribution in [3.8, 4) is 0 Å². The van der Waals surface area contributed by atoms with Crippen LogP contribution in [0.5, 0.6) is 0 Å². The SMILES string of the molecule is CC(C)c1noc(CN2CCCC(C(C)(C)C(=O)O)C2)n1. The van der Waals surface area contributed by atoms with Crippen LogP contribution < -0.4 is 0 Å². The third-order valence-electron chi connectivity index (χ3n) is 4.44. The Kier molecular flexibility index (Phi) is 4.66. The second-order valence-corrected chi connectivity index (χ2v) is 6.80. The number of nitrogens with zero attached hydrogens (tertiary/aromatic N) is 3. The first kappa shape index (κ1) is 15.9. The second-order valence-electron chi connectivity index (χ2n) is 6.80. The molecule has 6 heteroatoms. The van der Waals surface area contributed by atoms with Gasteiger partial charge in [-0.2, -0.15) is 4.98 Å². The van der Waals surface area contributed by atoms with Gasteiger partial charge in [0.2, 0.25) is 5.89 Å². The molecule has 21 heavy (non-hydrogen) atoms. The fourth-order valence-electron chi connectivity index (χ4n) is 2.72. The molecule has 1 fully saturated rings. The molecule has 0 spiro atoms. The van der Waals surface area contributed by atoms with Gasteiger partial charge in [-0.3, -0.25) is 9.69 Å². The van der Waals surface area contributed by atoms with Gasteiger partial charge in [-0.25, -0.2) is 0 Å². The fourth-order valence-corrected chi connectivity index (χ4v) is 2.72. The molecule has 0 radical (unpaired) electrons. The van der Waals surface area contributed by atoms with Crippen LogP contribution in [0.2, 0.25) is 0 Å². The number of aromatic nitrogens is 2. The molecule has 1 aliphatic rings. The highest BCUT2D eigenvalue weighted by atomic mass is 16.5. The van der Waals surface area contributed by atoms with Crippen molar-refractivity contribution >= 4 is 5.97 Å². The van der Waals surface area contributed by atoms with Crippen LogP contribution in [0.1, 0.15) is 58.2 Å². The van der Waals surface area contributed by atoms with Crippen LogP contribution >= 0.6 is 0 Å². The summed E-state index contributed by atoms with van der Waals surface area (Å²) in [7, 11) is 0. The highest BCUT2D eigenvalue weighted by molar-refractivity contribution is 5.74. The number of hydrogen-bond acceptors (Lipinski definition) is 5. The predicted octanol–water partition coefficient (Wildman–Crippen LogP) is 2.52. The van der Waals surface area contributed by atoms with E-state index in [2.05, 4.69) is 15.0 Å². The summed E-state index contributed by atoms with van der Waals surface area (Å²) < 4.78 is 5.28. The molecule has 0 aliphatic carbocycles. The lowest BCUT2D eigenvalue weighted by Crippen LogP contribution is -2.44. The van der Waals surface area contributed by atoms with Crippen molar-refractivity contribution in [3.63, 3.8) is 0 Å². The average Bonchev–Trinajstić information content (AvgIpc) is 2.87. The number of carboxylic acid groups (broad SMARTS) is 1. The fraction of sp³-hybridized carbons (Fsp3) is 0.800. The Labute approximate surface area is 125 Å². The lowest BCUT2D eigenvalue weighted by atomic mass is 9.74. The average molecular weight is 295 g/mol. The molecule has 1 N–H and O–H groups in total. The third-order valence-corrected chi connectivity index (χ3v) is 4.44. The zero-order valence-electron chi connectivity index (χ0n) is 13.3. The molecule has 118 valence electrons. The molecule has 1 aromatic rings. The first-order valence-corrected chi connectivity index (χ1v) is 7.59. The van der Waals surface area contributed by atoms with Crippen molar-refractivity contribution in [2.45, 2.75) is 53.0 Å². The Morgan fingerprint density at radius 2 is 2.24 bits per heavy atom. The van der Waals surface area contributed by atoms with Gasteiger partial charge < -0.3 is 9.63 Å². The van der Waals surface area contributed by atoms with Crippen LogP contribution in [-0.2, 0) is 11.3 Å². The van der Waals surface area contributed by atoms with Gasteiger partial charge in [-0.1, -0.05) is 19.0 Å². The topological polar surface area (TPSA) is 79.5 Å². The Balaban J connectivity index is 1.99. The number of aliphatic carboxylic acids is 1. The number of likely N-dealkylation sites (tertiary alicyclic amines) is 1. The van der Waals surface area contributed by atoms with E-state index in [0.717, 1.165) is 31.8 Å². The van der Waals surface area contributed by atoms with Crippen molar-refractivity contribution in [1.29, 1.82) is 0 Å². The summed E-state index contributed by atoms with van der Waals surface area (Å²) >= 11 is 0. The van der Waals surface area contributed by atoms with Gasteiger partial charge in [0.05, 0.1) is 12.0 Å². The normalized spacial score (nSPS) is 20.9. The van der Waals surface area contributed by atoms with Crippen molar-refractivity contribution < 1.29 is 14.4 Å². The molecule has 1 saturated heterocycles. The molecular formula is C15H25N3O3. The van der Waals surface area contributed by atoms with E-state index in [9.17, 15) is 9.90 Å². The first-order chi connectivity index (χ1) is 9.80. The molecule has 1 aromatic heterocycles. The van der Waals surface area contributed by atoms with Crippen molar-refractivity contribution in [2.75, 3.05) is 13.1 Å². The monoisotopic (exact) mass is 295 g/mol. The summed E-state index contributed by atoms with van der Waals surface area (Å²) in [6.45, 7) is 10.00. The summed E-state index contributed by atoms with van der Waals surface area (Å²) in [6, 6.07) is 0. The van der Waals surface area contributed by atoms with Gasteiger partial charge >= 0.3 is 5.97 Å². The summed E-state index contributed by atoms with van der Waals surface area (Å²) in [6.07, 6.45) is 1.96. The van der Waals surface area contributed by atoms with E-state index in [1.165, 1.54) is 0 Å². The molecule has 0 aromatic carbocycles. The zero-order valence-corrected chi connectivity index (χ0v) is 13.3. The predicted molar refractivity (Wildman–Crippen MR) is 77.8 cm³/mol. The van der Waals surface area contributed by atoms with Gasteiger partial charge in [0.1, 0.15) is 0 Å². The minimum absolute atomic E-state index is 0.149. The maximum Gasteiger partial charge on any atom is 0.309 e. The quantitative estimate of drug-likeness (QED) is 0.899. The van der Waals surface area contributed by atoms with Gasteiger partial charge in [-0.15, -0.1) is 0 Å². The number of piperidine rings is 1. The lowest BCUT2D eigenvalue weighted by Gasteiger charge is -2.38. The zero-order chi connectivity index (χ0) is 15.6. The standard InChI is InChI=1S/C15H25N3O3/c1-10(2)13-16-12(21-17-13)9-18-7-5-6-11(8-18)15(3,4)14(19)20/h10-11H,5-9H2,1-4H3,(H,19,20). The summed E-state index contributed by atoms with van der Waals surface area (Å²) in [5.41, 5.74) is -0.698. The minimum atomic E-state index is -0.728. The Bertz CT molecular complexity index is 496. The number of carboxylic acids is 1. The molecule has 1 atom stereocenters. The molecular weight excluding hydrogens is 270 g/mol. The van der Waals surface area contributed by atoms with Gasteiger partial charge in [0, 0.05) is 12.5 Å². The highest BCUT2D eigenvalue weighted by Crippen LogP contribution is 2.34. The molecule has 6 nitrogen and oxygen atoms in total. The van der Waals surface area contributed by atoms with Crippen molar-refractivity contribution in [1.82, 2.24) is 15.0 Å². The van der Waals surface area contributed by atoms with Gasteiger partial charge in [0.25, 0.3) is 0 Å². The van der Waals surface area contributed by atoms with Crippen LogP contribution in [0.25, 0.3) is 0 Å². The maximum absolute atomic E-state index is 11.4. The van der Waals surface area contributed by atoms with E-state index in [4.69, 9.17) is 4.52 Å². The Morgan fingerprint density at radius 3 is 2.81 bits per heavy atom. The molecule has 0 amide bonds. The number of hydrogen-bond donors (Lipinski definition) is 1. The molecule has 1 unspecified atom stereocenters. The van der Waals surface area contributed by atoms with Crippen LogP contribution in [-0.4, -0.2) is 39.2 Å². The Morgan fingerprint density at radius 1 is 1.52 bits per heavy atom. The molecule has 0 bridgehead atoms. The number of rotatable bonds is 5. The first-order valence-electron chi connectivity index (χ1n) is 7.59. The molecule has 0 saturated carbocycles. The van der Waals surface area contributed by atoms with Crippen molar-refractivity contribution in [3.05, 3.63) is 11.7 Å². The van der Waals surface area contributed by atoms with E-state index in [1.54, 1.807) is 0 Å². The smallest absolute Gasteiger partial charge is 0.309 e. The lowest BCUT2D eigenvalue weighted by molar-refractivity contribution is -0.151.